The number of Topliss-reactive ketones (excluding diaryl/α,β-unsaturated/α-hetero) is 1. The van der Waals surface area contributed by atoms with Crippen LogP contribution in [0.15, 0.2) is 0 Å². The molecule has 0 saturated heterocycles. The third kappa shape index (κ3) is 7.61. The lowest BCUT2D eigenvalue weighted by atomic mass is 10.1. The van der Waals surface area contributed by atoms with Gasteiger partial charge < -0.3 is 20.3 Å². The van der Waals surface area contributed by atoms with E-state index in [1.54, 1.807) is 20.8 Å². The molecule has 7 nitrogen and oxygen atoms in total. The molecule has 104 valence electrons. The van der Waals surface area contributed by atoms with E-state index in [-0.39, 0.29) is 19.4 Å². The number of ketones is 1. The monoisotopic (exact) mass is 261 g/mol. The Morgan fingerprint density at radius 3 is 2.22 bits per heavy atom. The minimum atomic E-state index is -1.35. The number of carbonyl (C=O) groups excluding carboxylic acids is 2. The van der Waals surface area contributed by atoms with Crippen molar-refractivity contribution in [1.29, 1.82) is 0 Å². The van der Waals surface area contributed by atoms with Crippen LogP contribution < -0.4 is 5.32 Å². The van der Waals surface area contributed by atoms with Crippen molar-refractivity contribution in [3.63, 3.8) is 0 Å². The Bertz CT molecular complexity index is 320. The molecule has 0 fully saturated rings. The first-order chi connectivity index (χ1) is 8.15. The molecular weight excluding hydrogens is 242 g/mol. The van der Waals surface area contributed by atoms with Crippen LogP contribution in [-0.4, -0.2) is 46.3 Å². The van der Waals surface area contributed by atoms with Crippen molar-refractivity contribution >= 4 is 17.8 Å². The zero-order valence-electron chi connectivity index (χ0n) is 10.7. The maximum Gasteiger partial charge on any atom is 0.408 e. The van der Waals surface area contributed by atoms with Gasteiger partial charge >= 0.3 is 12.1 Å². The molecule has 0 rings (SSSR count). The first kappa shape index (κ1) is 16.4. The molecule has 0 aromatic heterocycles. The van der Waals surface area contributed by atoms with Crippen LogP contribution in [0.5, 0.6) is 0 Å². The fourth-order valence-corrected chi connectivity index (χ4v) is 1.10. The highest BCUT2D eigenvalue weighted by molar-refractivity contribution is 5.88. The van der Waals surface area contributed by atoms with E-state index in [0.717, 1.165) is 0 Å². The van der Waals surface area contributed by atoms with Crippen LogP contribution in [0, 0.1) is 0 Å². The van der Waals surface area contributed by atoms with Crippen molar-refractivity contribution in [3.05, 3.63) is 0 Å². The van der Waals surface area contributed by atoms with E-state index in [9.17, 15) is 14.4 Å². The Morgan fingerprint density at radius 2 is 1.83 bits per heavy atom. The summed E-state index contributed by atoms with van der Waals surface area (Å²) in [6.45, 7) is 4.56. The van der Waals surface area contributed by atoms with Crippen LogP contribution in [0.1, 0.15) is 33.6 Å². The van der Waals surface area contributed by atoms with E-state index < -0.39 is 29.5 Å². The summed E-state index contributed by atoms with van der Waals surface area (Å²) < 4.78 is 4.89. The summed E-state index contributed by atoms with van der Waals surface area (Å²) in [6.07, 6.45) is -1.42. The topological polar surface area (TPSA) is 113 Å². The number of carboxylic acid groups (broad SMARTS) is 1. The predicted molar refractivity (Wildman–Crippen MR) is 62.1 cm³/mol. The first-order valence-corrected chi connectivity index (χ1v) is 5.50. The van der Waals surface area contributed by atoms with Gasteiger partial charge in [-0.1, -0.05) is 0 Å². The number of amides is 1. The van der Waals surface area contributed by atoms with Crippen molar-refractivity contribution in [1.82, 2.24) is 5.32 Å². The number of rotatable bonds is 6. The first-order valence-electron chi connectivity index (χ1n) is 5.50. The van der Waals surface area contributed by atoms with Gasteiger partial charge in [-0.25, -0.2) is 9.59 Å². The summed E-state index contributed by atoms with van der Waals surface area (Å²) in [4.78, 5) is 33.4. The number of carboxylic acids is 1. The molecule has 0 aliphatic rings. The summed E-state index contributed by atoms with van der Waals surface area (Å²) in [5.74, 6) is -1.77. The quantitative estimate of drug-likeness (QED) is 0.634. The average molecular weight is 261 g/mol. The zero-order chi connectivity index (χ0) is 14.3. The number of aliphatic hydroxyl groups is 1. The molecule has 0 aromatic carbocycles. The third-order valence-electron chi connectivity index (χ3n) is 1.81. The molecule has 0 unspecified atom stereocenters. The molecule has 0 aliphatic carbocycles. The van der Waals surface area contributed by atoms with E-state index in [0.29, 0.717) is 0 Å². The van der Waals surface area contributed by atoms with Crippen molar-refractivity contribution in [2.24, 2.45) is 0 Å². The second-order valence-electron chi connectivity index (χ2n) is 4.75. The van der Waals surface area contributed by atoms with E-state index in [1.807, 2.05) is 0 Å². The molecule has 0 bridgehead atoms. The van der Waals surface area contributed by atoms with Crippen molar-refractivity contribution in [3.8, 4) is 0 Å². The van der Waals surface area contributed by atoms with Gasteiger partial charge in [0.15, 0.2) is 0 Å². The number of ether oxygens (including phenoxy) is 1. The highest BCUT2D eigenvalue weighted by atomic mass is 16.6. The molecular formula is C11H19NO6. The maximum atomic E-state index is 11.4. The summed E-state index contributed by atoms with van der Waals surface area (Å²) in [6, 6.07) is -1.35. The van der Waals surface area contributed by atoms with Crippen molar-refractivity contribution in [2.45, 2.75) is 45.3 Å². The van der Waals surface area contributed by atoms with Gasteiger partial charge in [-0.15, -0.1) is 0 Å². The Morgan fingerprint density at radius 1 is 1.28 bits per heavy atom. The standard InChI is InChI=1S/C11H19NO6/c1-11(2,3)18-10(17)12-8(9(15)16)6-7(14)4-5-13/h8,13H,4-6H2,1-3H3,(H,12,17)(H,15,16)/t8-/m0/s1. The highest BCUT2D eigenvalue weighted by Crippen LogP contribution is 2.07. The van der Waals surface area contributed by atoms with Gasteiger partial charge in [0.05, 0.1) is 0 Å². The molecule has 0 saturated carbocycles. The molecule has 0 radical (unpaired) electrons. The van der Waals surface area contributed by atoms with Gasteiger partial charge in [0.2, 0.25) is 0 Å². The zero-order valence-corrected chi connectivity index (χ0v) is 10.7. The van der Waals surface area contributed by atoms with Gasteiger partial charge in [0.25, 0.3) is 0 Å². The number of aliphatic carboxylic acids is 1. The second-order valence-corrected chi connectivity index (χ2v) is 4.75. The minimum Gasteiger partial charge on any atom is -0.480 e. The van der Waals surface area contributed by atoms with Crippen LogP contribution >= 0.6 is 0 Å². The van der Waals surface area contributed by atoms with Gasteiger partial charge in [-0.3, -0.25) is 4.79 Å². The third-order valence-corrected chi connectivity index (χ3v) is 1.81. The highest BCUT2D eigenvalue weighted by Gasteiger charge is 2.25. The Kier molecular flexibility index (Phi) is 6.32. The lowest BCUT2D eigenvalue weighted by Gasteiger charge is -2.21. The number of hydrogen-bond acceptors (Lipinski definition) is 5. The van der Waals surface area contributed by atoms with Crippen molar-refractivity contribution < 1.29 is 29.3 Å². The lowest BCUT2D eigenvalue weighted by Crippen LogP contribution is -2.44. The molecule has 7 heteroatoms. The fourth-order valence-electron chi connectivity index (χ4n) is 1.10. The second kappa shape index (κ2) is 6.95. The van der Waals surface area contributed by atoms with Crippen molar-refractivity contribution in [2.75, 3.05) is 6.61 Å². The number of alkyl carbamates (subject to hydrolysis) is 1. The summed E-state index contributed by atoms with van der Waals surface area (Å²) in [7, 11) is 0. The summed E-state index contributed by atoms with van der Waals surface area (Å²) >= 11 is 0. The number of carbonyl (C=O) groups is 3. The minimum absolute atomic E-state index is 0.139. The van der Waals surface area contributed by atoms with E-state index in [2.05, 4.69) is 5.32 Å². The number of hydrogen-bond donors (Lipinski definition) is 3. The molecule has 1 amide bonds. The normalized spacial score (nSPS) is 12.7. The Labute approximate surface area is 105 Å². The molecule has 0 aromatic rings. The van der Waals surface area contributed by atoms with Gasteiger partial charge in [0, 0.05) is 19.4 Å². The van der Waals surface area contributed by atoms with Crippen LogP contribution in [0.3, 0.4) is 0 Å². The van der Waals surface area contributed by atoms with Gasteiger partial charge in [-0.05, 0) is 20.8 Å². The smallest absolute Gasteiger partial charge is 0.408 e. The van der Waals surface area contributed by atoms with Gasteiger partial charge in [0.1, 0.15) is 17.4 Å². The van der Waals surface area contributed by atoms with E-state index in [4.69, 9.17) is 14.9 Å². The molecule has 18 heavy (non-hydrogen) atoms. The molecule has 1 atom stereocenters. The van der Waals surface area contributed by atoms with Crippen LogP contribution in [0.25, 0.3) is 0 Å². The Hall–Kier alpha value is -1.63. The Balaban J connectivity index is 4.41. The summed E-state index contributed by atoms with van der Waals surface area (Å²) in [5.41, 5.74) is -0.748. The van der Waals surface area contributed by atoms with Crippen LogP contribution in [0.4, 0.5) is 4.79 Å². The number of nitrogens with one attached hydrogen (secondary N) is 1. The molecule has 3 N–H and O–H groups in total. The van der Waals surface area contributed by atoms with Crippen LogP contribution in [-0.2, 0) is 14.3 Å². The van der Waals surface area contributed by atoms with E-state index in [1.165, 1.54) is 0 Å². The SMILES string of the molecule is CC(C)(C)OC(=O)N[C@@H](CC(=O)CCO)C(=O)O. The summed E-state index contributed by atoms with van der Waals surface area (Å²) in [5, 5.41) is 19.5. The van der Waals surface area contributed by atoms with Gasteiger partial charge in [-0.2, -0.15) is 0 Å². The van der Waals surface area contributed by atoms with Crippen LogP contribution in [0.2, 0.25) is 0 Å². The molecule has 0 heterocycles. The number of aliphatic hydroxyl groups excluding tert-OH is 1. The fraction of sp³-hybridized carbons (Fsp3) is 0.727. The predicted octanol–water partition coefficient (Wildman–Crippen LogP) is 0.306. The maximum absolute atomic E-state index is 11.4. The lowest BCUT2D eigenvalue weighted by molar-refractivity contribution is -0.141. The molecule has 0 spiro atoms. The largest absolute Gasteiger partial charge is 0.480 e. The van der Waals surface area contributed by atoms with E-state index >= 15 is 0 Å². The molecule has 0 aliphatic heterocycles. The average Bonchev–Trinajstić information content (AvgIpc) is 2.13.